The molecular weight excluding hydrogens is 264 g/mol. The fraction of sp³-hybridized carbons (Fsp3) is 0.786. The average molecular weight is 287 g/mol. The van der Waals surface area contributed by atoms with Crippen LogP contribution in [-0.4, -0.2) is 31.7 Å². The largest absolute Gasteiger partial charge is 0.386 e. The first-order chi connectivity index (χ1) is 8.47. The summed E-state index contributed by atoms with van der Waals surface area (Å²) in [5.41, 5.74) is -0.244. The maximum atomic E-state index is 11.0. The molecule has 0 amide bonds. The van der Waals surface area contributed by atoms with E-state index in [0.717, 1.165) is 11.4 Å². The minimum absolute atomic E-state index is 0.335. The summed E-state index contributed by atoms with van der Waals surface area (Å²) < 4.78 is 7.73. The van der Waals surface area contributed by atoms with E-state index in [1.54, 1.807) is 4.68 Å². The molecule has 2 heterocycles. The Morgan fingerprint density at radius 2 is 1.95 bits per heavy atom. The van der Waals surface area contributed by atoms with Crippen LogP contribution in [0.2, 0.25) is 5.02 Å². The number of hydrogen-bond acceptors (Lipinski definition) is 3. The standard InChI is InChI=1S/C14H23ClN2O2/c1-9-11(15)10(17(6)16-9)7-14(18)8-12(2,3)19-13(14,4)5/h18H,7-8H2,1-6H3. The summed E-state index contributed by atoms with van der Waals surface area (Å²) >= 11 is 6.28. The van der Waals surface area contributed by atoms with Crippen molar-refractivity contribution in [3.63, 3.8) is 0 Å². The lowest BCUT2D eigenvalue weighted by Crippen LogP contribution is -2.48. The van der Waals surface area contributed by atoms with Gasteiger partial charge in [-0.1, -0.05) is 11.6 Å². The van der Waals surface area contributed by atoms with Crippen LogP contribution in [0.5, 0.6) is 0 Å². The van der Waals surface area contributed by atoms with E-state index in [9.17, 15) is 5.11 Å². The lowest BCUT2D eigenvalue weighted by atomic mass is 9.79. The fourth-order valence-electron chi connectivity index (χ4n) is 3.16. The van der Waals surface area contributed by atoms with Crippen molar-refractivity contribution in [3.05, 3.63) is 16.4 Å². The van der Waals surface area contributed by atoms with Gasteiger partial charge >= 0.3 is 0 Å². The van der Waals surface area contributed by atoms with Crippen molar-refractivity contribution in [2.75, 3.05) is 0 Å². The van der Waals surface area contributed by atoms with Crippen LogP contribution in [-0.2, 0) is 18.2 Å². The van der Waals surface area contributed by atoms with Crippen molar-refractivity contribution >= 4 is 11.6 Å². The lowest BCUT2D eigenvalue weighted by Gasteiger charge is -2.35. The maximum absolute atomic E-state index is 11.0. The molecule has 0 aromatic carbocycles. The van der Waals surface area contributed by atoms with Gasteiger partial charge in [-0.05, 0) is 34.6 Å². The molecule has 1 N–H and O–H groups in total. The van der Waals surface area contributed by atoms with Gasteiger partial charge in [-0.3, -0.25) is 4.68 Å². The van der Waals surface area contributed by atoms with Crippen LogP contribution in [0.1, 0.15) is 45.5 Å². The third kappa shape index (κ3) is 2.41. The summed E-state index contributed by atoms with van der Waals surface area (Å²) in [5.74, 6) is 0. The third-order valence-corrected chi connectivity index (χ3v) is 4.58. The molecule has 0 aliphatic carbocycles. The first kappa shape index (κ1) is 14.8. The second kappa shape index (κ2) is 4.21. The van der Waals surface area contributed by atoms with Crippen LogP contribution in [0.3, 0.4) is 0 Å². The number of ether oxygens (including phenoxy) is 1. The van der Waals surface area contributed by atoms with E-state index in [-0.39, 0.29) is 5.60 Å². The van der Waals surface area contributed by atoms with E-state index < -0.39 is 11.2 Å². The average Bonchev–Trinajstić information content (AvgIpc) is 2.51. The zero-order valence-corrected chi connectivity index (χ0v) is 13.3. The SMILES string of the molecule is Cc1nn(C)c(CC2(O)CC(C)(C)OC2(C)C)c1Cl. The van der Waals surface area contributed by atoms with Crippen LogP contribution < -0.4 is 0 Å². The first-order valence-corrected chi connectivity index (χ1v) is 6.96. The van der Waals surface area contributed by atoms with Crippen molar-refractivity contribution in [1.29, 1.82) is 0 Å². The number of rotatable bonds is 2. The highest BCUT2D eigenvalue weighted by molar-refractivity contribution is 6.31. The van der Waals surface area contributed by atoms with Gasteiger partial charge < -0.3 is 9.84 Å². The second-order valence-corrected chi connectivity index (χ2v) is 7.10. The predicted octanol–water partition coefficient (Wildman–Crippen LogP) is 2.63. The summed E-state index contributed by atoms with van der Waals surface area (Å²) in [6.45, 7) is 9.74. The van der Waals surface area contributed by atoms with Gasteiger partial charge in [0.1, 0.15) is 5.60 Å². The van der Waals surface area contributed by atoms with E-state index in [4.69, 9.17) is 16.3 Å². The van der Waals surface area contributed by atoms with Gasteiger partial charge in [0, 0.05) is 19.9 Å². The number of halogens is 1. The maximum Gasteiger partial charge on any atom is 0.101 e. The molecule has 4 nitrogen and oxygen atoms in total. The normalized spacial score (nSPS) is 28.8. The van der Waals surface area contributed by atoms with Gasteiger partial charge in [0.25, 0.3) is 0 Å². The predicted molar refractivity (Wildman–Crippen MR) is 75.5 cm³/mol. The molecule has 0 radical (unpaired) electrons. The van der Waals surface area contributed by atoms with Crippen LogP contribution in [0.15, 0.2) is 0 Å². The smallest absolute Gasteiger partial charge is 0.101 e. The zero-order valence-electron chi connectivity index (χ0n) is 12.5. The number of nitrogens with zero attached hydrogens (tertiary/aromatic N) is 2. The highest BCUT2D eigenvalue weighted by Gasteiger charge is 2.56. The zero-order chi connectivity index (χ0) is 14.6. The Kier molecular flexibility index (Phi) is 3.28. The molecule has 1 aliphatic heterocycles. The van der Waals surface area contributed by atoms with Gasteiger partial charge in [0.2, 0.25) is 0 Å². The Bertz CT molecular complexity index is 508. The third-order valence-electron chi connectivity index (χ3n) is 4.09. The molecule has 108 valence electrons. The molecule has 0 bridgehead atoms. The highest BCUT2D eigenvalue weighted by atomic mass is 35.5. The van der Waals surface area contributed by atoms with Crippen molar-refractivity contribution in [2.45, 2.75) is 64.3 Å². The summed E-state index contributed by atoms with van der Waals surface area (Å²) in [6, 6.07) is 0. The fourth-order valence-corrected chi connectivity index (χ4v) is 3.39. The molecule has 0 spiro atoms. The molecule has 1 aromatic heterocycles. The molecule has 2 rings (SSSR count). The van der Waals surface area contributed by atoms with Crippen LogP contribution in [0, 0.1) is 6.92 Å². The van der Waals surface area contributed by atoms with Crippen LogP contribution >= 0.6 is 11.6 Å². The summed E-state index contributed by atoms with van der Waals surface area (Å²) in [7, 11) is 1.85. The minimum atomic E-state index is -0.944. The summed E-state index contributed by atoms with van der Waals surface area (Å²) in [5, 5.41) is 16.0. The number of aromatic nitrogens is 2. The number of hydrogen-bond donors (Lipinski definition) is 1. The van der Waals surface area contributed by atoms with Gasteiger partial charge in [-0.15, -0.1) is 0 Å². The highest BCUT2D eigenvalue weighted by Crippen LogP contribution is 2.47. The van der Waals surface area contributed by atoms with Gasteiger partial charge in [0.05, 0.1) is 27.6 Å². The Labute approximate surface area is 119 Å². The summed E-state index contributed by atoms with van der Waals surface area (Å²) in [4.78, 5) is 0. The topological polar surface area (TPSA) is 47.3 Å². The molecule has 1 saturated heterocycles. The van der Waals surface area contributed by atoms with Crippen molar-refractivity contribution < 1.29 is 9.84 Å². The van der Waals surface area contributed by atoms with E-state index in [1.165, 1.54) is 0 Å². The molecule has 1 fully saturated rings. The Morgan fingerprint density at radius 1 is 1.37 bits per heavy atom. The molecule has 1 atom stereocenters. The van der Waals surface area contributed by atoms with E-state index in [0.29, 0.717) is 17.9 Å². The van der Waals surface area contributed by atoms with E-state index in [2.05, 4.69) is 5.10 Å². The molecule has 1 aliphatic rings. The quantitative estimate of drug-likeness (QED) is 0.909. The molecule has 1 unspecified atom stereocenters. The molecule has 5 heteroatoms. The Hall–Kier alpha value is -0.580. The first-order valence-electron chi connectivity index (χ1n) is 6.58. The van der Waals surface area contributed by atoms with Gasteiger partial charge in [-0.25, -0.2) is 0 Å². The Balaban J connectivity index is 2.37. The van der Waals surface area contributed by atoms with Crippen molar-refractivity contribution in [1.82, 2.24) is 9.78 Å². The van der Waals surface area contributed by atoms with Crippen LogP contribution in [0.4, 0.5) is 0 Å². The second-order valence-electron chi connectivity index (χ2n) is 6.73. The monoisotopic (exact) mass is 286 g/mol. The van der Waals surface area contributed by atoms with Gasteiger partial charge in [-0.2, -0.15) is 5.10 Å². The molecule has 1 aromatic rings. The molecule has 19 heavy (non-hydrogen) atoms. The van der Waals surface area contributed by atoms with Crippen molar-refractivity contribution in [3.8, 4) is 0 Å². The molecular formula is C14H23ClN2O2. The number of aliphatic hydroxyl groups is 1. The van der Waals surface area contributed by atoms with Gasteiger partial charge in [0.15, 0.2) is 0 Å². The van der Waals surface area contributed by atoms with E-state index >= 15 is 0 Å². The van der Waals surface area contributed by atoms with E-state index in [1.807, 2.05) is 41.7 Å². The number of aryl methyl sites for hydroxylation is 2. The summed E-state index contributed by atoms with van der Waals surface area (Å²) in [6.07, 6.45) is 1.02. The lowest BCUT2D eigenvalue weighted by molar-refractivity contribution is -0.126. The minimum Gasteiger partial charge on any atom is -0.386 e. The Morgan fingerprint density at radius 3 is 2.32 bits per heavy atom. The van der Waals surface area contributed by atoms with Crippen LogP contribution in [0.25, 0.3) is 0 Å². The molecule has 0 saturated carbocycles. The van der Waals surface area contributed by atoms with Crippen molar-refractivity contribution in [2.24, 2.45) is 7.05 Å².